The molecule has 6 heteroatoms. The van der Waals surface area contributed by atoms with Crippen LogP contribution < -0.4 is 10.6 Å². The first-order valence-electron chi connectivity index (χ1n) is 10.4. The van der Waals surface area contributed by atoms with Gasteiger partial charge in [-0.15, -0.1) is 0 Å². The van der Waals surface area contributed by atoms with Crippen LogP contribution >= 0.6 is 0 Å². The van der Waals surface area contributed by atoms with E-state index >= 15 is 0 Å². The van der Waals surface area contributed by atoms with Gasteiger partial charge in [-0.2, -0.15) is 0 Å². The lowest BCUT2D eigenvalue weighted by atomic mass is 9.87. The van der Waals surface area contributed by atoms with Gasteiger partial charge in [-0.05, 0) is 47.1 Å². The van der Waals surface area contributed by atoms with Crippen LogP contribution in [0.25, 0.3) is 0 Å². The van der Waals surface area contributed by atoms with Crippen LogP contribution in [0.4, 0.5) is 5.69 Å². The molecule has 31 heavy (non-hydrogen) atoms. The highest BCUT2D eigenvalue weighted by molar-refractivity contribution is 5.97. The molecule has 2 amide bonds. The molecule has 0 atom stereocenters. The van der Waals surface area contributed by atoms with Gasteiger partial charge in [-0.25, -0.2) is 0 Å². The first kappa shape index (κ1) is 24.1. The standard InChI is InChI=1S/C25H32N2O4/c1-16(2)20-9-7-8-17(3)23(20)27-21(28)15-31-22(29)14-26-24(30)18-10-12-19(13-11-18)25(4,5)6/h7-13,16H,14-15H2,1-6H3,(H,26,30)(H,27,28). The summed E-state index contributed by atoms with van der Waals surface area (Å²) in [5, 5.41) is 5.34. The Labute approximate surface area is 184 Å². The van der Waals surface area contributed by atoms with Gasteiger partial charge >= 0.3 is 5.97 Å². The van der Waals surface area contributed by atoms with Crippen molar-refractivity contribution in [3.05, 3.63) is 64.7 Å². The number of nitrogens with one attached hydrogen (secondary N) is 2. The second kappa shape index (κ2) is 10.2. The number of esters is 1. The number of hydrogen-bond acceptors (Lipinski definition) is 4. The van der Waals surface area contributed by atoms with Crippen molar-refractivity contribution in [2.75, 3.05) is 18.5 Å². The van der Waals surface area contributed by atoms with E-state index < -0.39 is 18.5 Å². The van der Waals surface area contributed by atoms with E-state index in [1.54, 1.807) is 12.1 Å². The van der Waals surface area contributed by atoms with Crippen molar-refractivity contribution in [2.45, 2.75) is 52.9 Å². The Morgan fingerprint density at radius 3 is 2.23 bits per heavy atom. The van der Waals surface area contributed by atoms with Crippen LogP contribution in [-0.4, -0.2) is 30.9 Å². The quantitative estimate of drug-likeness (QED) is 0.648. The van der Waals surface area contributed by atoms with Gasteiger partial charge < -0.3 is 15.4 Å². The Balaban J connectivity index is 1.83. The minimum Gasteiger partial charge on any atom is -0.454 e. The van der Waals surface area contributed by atoms with Crippen molar-refractivity contribution in [3.8, 4) is 0 Å². The molecule has 0 aromatic heterocycles. The van der Waals surface area contributed by atoms with Crippen LogP contribution in [0.15, 0.2) is 42.5 Å². The van der Waals surface area contributed by atoms with Gasteiger partial charge in [0.1, 0.15) is 6.54 Å². The second-order valence-corrected chi connectivity index (χ2v) is 8.91. The molecule has 0 fully saturated rings. The van der Waals surface area contributed by atoms with E-state index in [1.165, 1.54) is 0 Å². The third-order valence-corrected chi connectivity index (χ3v) is 4.96. The number of hydrogen-bond donors (Lipinski definition) is 2. The van der Waals surface area contributed by atoms with Crippen molar-refractivity contribution < 1.29 is 19.1 Å². The first-order valence-corrected chi connectivity index (χ1v) is 10.4. The van der Waals surface area contributed by atoms with E-state index in [1.807, 2.05) is 51.1 Å². The van der Waals surface area contributed by atoms with Crippen LogP contribution in [0.5, 0.6) is 0 Å². The molecule has 0 aliphatic heterocycles. The highest BCUT2D eigenvalue weighted by Gasteiger charge is 2.16. The molecular formula is C25H32N2O4. The highest BCUT2D eigenvalue weighted by atomic mass is 16.5. The summed E-state index contributed by atoms with van der Waals surface area (Å²) < 4.78 is 5.00. The van der Waals surface area contributed by atoms with Gasteiger partial charge in [0, 0.05) is 11.3 Å². The highest BCUT2D eigenvalue weighted by Crippen LogP contribution is 2.27. The zero-order valence-electron chi connectivity index (χ0n) is 19.2. The number of anilines is 1. The van der Waals surface area contributed by atoms with Crippen molar-refractivity contribution in [3.63, 3.8) is 0 Å². The molecule has 2 rings (SSSR count). The average molecular weight is 425 g/mol. The molecule has 0 spiro atoms. The van der Waals surface area contributed by atoms with Crippen molar-refractivity contribution in [1.82, 2.24) is 5.32 Å². The van der Waals surface area contributed by atoms with E-state index in [0.29, 0.717) is 5.56 Å². The molecule has 0 aliphatic rings. The summed E-state index contributed by atoms with van der Waals surface area (Å²) in [4.78, 5) is 36.4. The molecule has 2 aromatic rings. The molecule has 0 unspecified atom stereocenters. The zero-order valence-corrected chi connectivity index (χ0v) is 19.2. The zero-order chi connectivity index (χ0) is 23.2. The van der Waals surface area contributed by atoms with Crippen LogP contribution in [-0.2, 0) is 19.7 Å². The van der Waals surface area contributed by atoms with Crippen molar-refractivity contribution in [2.24, 2.45) is 0 Å². The molecule has 6 nitrogen and oxygen atoms in total. The van der Waals surface area contributed by atoms with E-state index in [-0.39, 0.29) is 23.8 Å². The lowest BCUT2D eigenvalue weighted by Crippen LogP contribution is -2.32. The topological polar surface area (TPSA) is 84.5 Å². The summed E-state index contributed by atoms with van der Waals surface area (Å²) in [5.41, 5.74) is 4.27. The lowest BCUT2D eigenvalue weighted by molar-refractivity contribution is -0.146. The Hall–Kier alpha value is -3.15. The van der Waals surface area contributed by atoms with Crippen LogP contribution in [0.2, 0.25) is 0 Å². The summed E-state index contributed by atoms with van der Waals surface area (Å²) >= 11 is 0. The maximum atomic E-state index is 12.2. The average Bonchev–Trinajstić information content (AvgIpc) is 2.71. The number of para-hydroxylation sites is 1. The largest absolute Gasteiger partial charge is 0.454 e. The lowest BCUT2D eigenvalue weighted by Gasteiger charge is -2.19. The summed E-state index contributed by atoms with van der Waals surface area (Å²) in [7, 11) is 0. The number of aryl methyl sites for hydroxylation is 1. The number of ether oxygens (including phenoxy) is 1. The molecule has 166 valence electrons. The van der Waals surface area contributed by atoms with Gasteiger partial charge in [0.05, 0.1) is 0 Å². The Kier molecular flexibility index (Phi) is 7.97. The fourth-order valence-corrected chi connectivity index (χ4v) is 3.09. The van der Waals surface area contributed by atoms with E-state index in [2.05, 4.69) is 31.4 Å². The number of amides is 2. The molecule has 0 saturated heterocycles. The number of carbonyl (C=O) groups is 3. The smallest absolute Gasteiger partial charge is 0.325 e. The minimum absolute atomic E-state index is 0.00634. The van der Waals surface area contributed by atoms with Gasteiger partial charge in [0.15, 0.2) is 6.61 Å². The minimum atomic E-state index is -0.677. The normalized spacial score (nSPS) is 11.2. The maximum Gasteiger partial charge on any atom is 0.325 e. The third-order valence-electron chi connectivity index (χ3n) is 4.96. The third kappa shape index (κ3) is 6.95. The monoisotopic (exact) mass is 424 g/mol. The van der Waals surface area contributed by atoms with Crippen LogP contribution in [0.1, 0.15) is 67.6 Å². The number of carbonyl (C=O) groups excluding carboxylic acids is 3. The fourth-order valence-electron chi connectivity index (χ4n) is 3.09. The maximum absolute atomic E-state index is 12.2. The van der Waals surface area contributed by atoms with Gasteiger partial charge in [-0.1, -0.05) is 65.0 Å². The second-order valence-electron chi connectivity index (χ2n) is 8.91. The van der Waals surface area contributed by atoms with Crippen LogP contribution in [0, 0.1) is 6.92 Å². The molecule has 2 aromatic carbocycles. The fraction of sp³-hybridized carbons (Fsp3) is 0.400. The number of rotatable bonds is 7. The van der Waals surface area contributed by atoms with Gasteiger partial charge in [0.25, 0.3) is 11.8 Å². The molecule has 0 radical (unpaired) electrons. The molecule has 2 N–H and O–H groups in total. The summed E-state index contributed by atoms with van der Waals surface area (Å²) in [6.07, 6.45) is 0. The Morgan fingerprint density at radius 1 is 1.00 bits per heavy atom. The predicted molar refractivity (Wildman–Crippen MR) is 122 cm³/mol. The molecule has 0 bridgehead atoms. The van der Waals surface area contributed by atoms with Gasteiger partial charge in [-0.3, -0.25) is 14.4 Å². The summed E-state index contributed by atoms with van der Waals surface area (Å²) in [5.74, 6) is -1.23. The van der Waals surface area contributed by atoms with Gasteiger partial charge in [0.2, 0.25) is 0 Å². The summed E-state index contributed by atoms with van der Waals surface area (Å²) in [6, 6.07) is 13.1. The molecule has 0 heterocycles. The Morgan fingerprint density at radius 2 is 1.65 bits per heavy atom. The predicted octanol–water partition coefficient (Wildman–Crippen LogP) is 4.33. The SMILES string of the molecule is Cc1cccc(C(C)C)c1NC(=O)COC(=O)CNC(=O)c1ccc(C(C)(C)C)cc1. The summed E-state index contributed by atoms with van der Waals surface area (Å²) in [6.45, 7) is 11.6. The molecule has 0 aliphatic carbocycles. The first-order chi connectivity index (χ1) is 14.5. The van der Waals surface area contributed by atoms with Crippen LogP contribution in [0.3, 0.4) is 0 Å². The molecular weight excluding hydrogens is 392 g/mol. The van der Waals surface area contributed by atoms with E-state index in [4.69, 9.17) is 4.74 Å². The van der Waals surface area contributed by atoms with Crippen molar-refractivity contribution >= 4 is 23.5 Å². The number of benzene rings is 2. The Bertz CT molecular complexity index is 941. The van der Waals surface area contributed by atoms with Crippen molar-refractivity contribution in [1.29, 1.82) is 0 Å². The van der Waals surface area contributed by atoms with E-state index in [0.717, 1.165) is 22.4 Å². The van der Waals surface area contributed by atoms with E-state index in [9.17, 15) is 14.4 Å². The molecule has 0 saturated carbocycles.